The number of nitrogens with zero attached hydrogens (tertiary/aromatic N) is 1. The Hall–Kier alpha value is -1.94. The lowest BCUT2D eigenvalue weighted by Gasteiger charge is -2.15. The minimum atomic E-state index is -3.82. The third kappa shape index (κ3) is 5.07. The van der Waals surface area contributed by atoms with Gasteiger partial charge in [0.2, 0.25) is 10.0 Å². The van der Waals surface area contributed by atoms with Crippen LogP contribution in [0.15, 0.2) is 57.2 Å². The summed E-state index contributed by atoms with van der Waals surface area (Å²) in [6.45, 7) is 3.79. The van der Waals surface area contributed by atoms with Crippen LogP contribution in [0.1, 0.15) is 13.8 Å². The predicted octanol–water partition coefficient (Wildman–Crippen LogP) is 4.75. The number of benzene rings is 2. The Labute approximate surface area is 170 Å². The molecule has 0 aliphatic rings. The number of hydrogen-bond donors (Lipinski definition) is 2. The molecule has 0 saturated carbocycles. The van der Waals surface area contributed by atoms with Gasteiger partial charge in [0.15, 0.2) is 5.13 Å². The zero-order valence-corrected chi connectivity index (χ0v) is 17.9. The van der Waals surface area contributed by atoms with Crippen LogP contribution in [-0.4, -0.2) is 19.5 Å². The summed E-state index contributed by atoms with van der Waals surface area (Å²) in [5.74, 6) is 0.526. The highest BCUT2D eigenvalue weighted by atomic mass is 79.9. The number of anilines is 2. The maximum absolute atomic E-state index is 11.7. The average molecular weight is 468 g/mol. The van der Waals surface area contributed by atoms with E-state index in [4.69, 9.17) is 9.88 Å². The van der Waals surface area contributed by atoms with Gasteiger partial charge < -0.3 is 10.1 Å². The van der Waals surface area contributed by atoms with Crippen molar-refractivity contribution in [1.82, 2.24) is 4.98 Å². The normalized spacial score (nSPS) is 11.6. The second-order valence-electron chi connectivity index (χ2n) is 6.04. The molecule has 27 heavy (non-hydrogen) atoms. The van der Waals surface area contributed by atoms with E-state index in [9.17, 15) is 8.42 Å². The molecule has 3 rings (SSSR count). The van der Waals surface area contributed by atoms with Crippen molar-refractivity contribution in [2.45, 2.75) is 24.8 Å². The first kappa shape index (κ1) is 19.8. The van der Waals surface area contributed by atoms with Gasteiger partial charge in [0.25, 0.3) is 0 Å². The monoisotopic (exact) mass is 467 g/mol. The summed E-state index contributed by atoms with van der Waals surface area (Å²) >= 11 is 4.83. The van der Waals surface area contributed by atoms with Gasteiger partial charge in [-0.25, -0.2) is 18.5 Å². The molecule has 0 saturated heterocycles. The summed E-state index contributed by atoms with van der Waals surface area (Å²) in [5.41, 5.74) is 2.30. The molecule has 142 valence electrons. The van der Waals surface area contributed by atoms with Crippen LogP contribution in [0, 0.1) is 0 Å². The van der Waals surface area contributed by atoms with E-state index in [1.807, 2.05) is 43.5 Å². The lowest BCUT2D eigenvalue weighted by molar-refractivity contribution is 0.243. The molecule has 0 aliphatic carbocycles. The Morgan fingerprint density at radius 2 is 1.89 bits per heavy atom. The maximum atomic E-state index is 11.7. The number of primary sulfonamides is 1. The summed E-state index contributed by atoms with van der Waals surface area (Å²) in [7, 11) is -3.82. The minimum absolute atomic E-state index is 0.00537. The second-order valence-corrected chi connectivity index (χ2v) is 9.37. The third-order valence-corrected chi connectivity index (χ3v) is 5.73. The molecule has 0 spiro atoms. The van der Waals surface area contributed by atoms with Crippen molar-refractivity contribution in [2.24, 2.45) is 5.14 Å². The standard InChI is InChI=1S/C18H18BrN3O3S2/c1-11(2)25-17-8-7-14(27(20,23)24)9-15(17)21-18-22-16(10-26-18)12-3-5-13(19)6-4-12/h3-11H,1-2H3,(H,21,22)(H2,20,23,24). The fourth-order valence-corrected chi connectivity index (χ4v) is 3.88. The van der Waals surface area contributed by atoms with Gasteiger partial charge in [-0.1, -0.05) is 28.1 Å². The van der Waals surface area contributed by atoms with Gasteiger partial charge in [-0.15, -0.1) is 11.3 Å². The first-order valence-electron chi connectivity index (χ1n) is 8.04. The molecule has 6 nitrogen and oxygen atoms in total. The largest absolute Gasteiger partial charge is 0.489 e. The van der Waals surface area contributed by atoms with E-state index in [0.29, 0.717) is 16.6 Å². The number of sulfonamides is 1. The molecule has 0 atom stereocenters. The van der Waals surface area contributed by atoms with Gasteiger partial charge in [-0.3, -0.25) is 0 Å². The van der Waals surface area contributed by atoms with Crippen molar-refractivity contribution in [3.05, 3.63) is 52.3 Å². The van der Waals surface area contributed by atoms with E-state index in [-0.39, 0.29) is 11.0 Å². The van der Waals surface area contributed by atoms with E-state index < -0.39 is 10.0 Å². The molecule has 0 unspecified atom stereocenters. The van der Waals surface area contributed by atoms with Gasteiger partial charge in [-0.05, 0) is 44.2 Å². The van der Waals surface area contributed by atoms with Crippen molar-refractivity contribution < 1.29 is 13.2 Å². The molecule has 0 bridgehead atoms. The van der Waals surface area contributed by atoms with Crippen molar-refractivity contribution in [3.63, 3.8) is 0 Å². The fraction of sp³-hybridized carbons (Fsp3) is 0.167. The van der Waals surface area contributed by atoms with E-state index >= 15 is 0 Å². The molecule has 9 heteroatoms. The zero-order chi connectivity index (χ0) is 19.6. The average Bonchev–Trinajstić information content (AvgIpc) is 3.04. The number of hydrogen-bond acceptors (Lipinski definition) is 6. The lowest BCUT2D eigenvalue weighted by atomic mass is 10.2. The van der Waals surface area contributed by atoms with Gasteiger partial charge in [0, 0.05) is 15.4 Å². The van der Waals surface area contributed by atoms with E-state index in [2.05, 4.69) is 26.2 Å². The molecule has 2 aromatic carbocycles. The SMILES string of the molecule is CC(C)Oc1ccc(S(N)(=O)=O)cc1Nc1nc(-c2ccc(Br)cc2)cs1. The van der Waals surface area contributed by atoms with Gasteiger partial charge in [0.05, 0.1) is 22.4 Å². The summed E-state index contributed by atoms with van der Waals surface area (Å²) in [6.07, 6.45) is -0.0690. The number of halogens is 1. The molecule has 1 heterocycles. The first-order valence-corrected chi connectivity index (χ1v) is 11.3. The van der Waals surface area contributed by atoms with Gasteiger partial charge in [0.1, 0.15) is 5.75 Å². The Bertz CT molecular complexity index is 1050. The van der Waals surface area contributed by atoms with Crippen LogP contribution in [-0.2, 0) is 10.0 Å². The molecule has 1 aromatic heterocycles. The van der Waals surface area contributed by atoms with E-state index in [1.54, 1.807) is 6.07 Å². The molecule has 0 aliphatic heterocycles. The molecule has 0 radical (unpaired) electrons. The number of aromatic nitrogens is 1. The van der Waals surface area contributed by atoms with Crippen molar-refractivity contribution in [1.29, 1.82) is 0 Å². The molecular formula is C18H18BrN3O3S2. The number of ether oxygens (including phenoxy) is 1. The molecular weight excluding hydrogens is 450 g/mol. The third-order valence-electron chi connectivity index (χ3n) is 3.53. The van der Waals surface area contributed by atoms with E-state index in [0.717, 1.165) is 15.7 Å². The molecule has 3 aromatic rings. The highest BCUT2D eigenvalue weighted by Crippen LogP contribution is 2.33. The molecule has 0 amide bonds. The quantitative estimate of drug-likeness (QED) is 0.545. The minimum Gasteiger partial charge on any atom is -0.489 e. The molecule has 0 fully saturated rings. The van der Waals surface area contributed by atoms with Crippen LogP contribution in [0.25, 0.3) is 11.3 Å². The van der Waals surface area contributed by atoms with Crippen molar-refractivity contribution in [3.8, 4) is 17.0 Å². The topological polar surface area (TPSA) is 94.3 Å². The lowest BCUT2D eigenvalue weighted by Crippen LogP contribution is -2.13. The van der Waals surface area contributed by atoms with Gasteiger partial charge in [-0.2, -0.15) is 0 Å². The summed E-state index contributed by atoms with van der Waals surface area (Å²) in [6, 6.07) is 12.3. The summed E-state index contributed by atoms with van der Waals surface area (Å²) < 4.78 is 30.1. The Balaban J connectivity index is 1.93. The van der Waals surface area contributed by atoms with E-state index in [1.165, 1.54) is 23.5 Å². The van der Waals surface area contributed by atoms with Gasteiger partial charge >= 0.3 is 0 Å². The first-order chi connectivity index (χ1) is 12.7. The van der Waals surface area contributed by atoms with Crippen LogP contribution in [0.5, 0.6) is 5.75 Å². The van der Waals surface area contributed by atoms with Crippen LogP contribution in [0.4, 0.5) is 10.8 Å². The number of nitrogens with one attached hydrogen (secondary N) is 1. The molecule has 3 N–H and O–H groups in total. The number of thiazole rings is 1. The Morgan fingerprint density at radius 1 is 1.19 bits per heavy atom. The van der Waals surface area contributed by atoms with Crippen LogP contribution in [0.3, 0.4) is 0 Å². The van der Waals surface area contributed by atoms with Crippen LogP contribution in [0.2, 0.25) is 0 Å². The zero-order valence-electron chi connectivity index (χ0n) is 14.6. The van der Waals surface area contributed by atoms with Crippen molar-refractivity contribution >= 4 is 48.1 Å². The summed E-state index contributed by atoms with van der Waals surface area (Å²) in [5, 5.41) is 10.9. The Kier molecular flexibility index (Phi) is 5.85. The maximum Gasteiger partial charge on any atom is 0.238 e. The van der Waals surface area contributed by atoms with Crippen molar-refractivity contribution in [2.75, 3.05) is 5.32 Å². The fourth-order valence-electron chi connectivity index (χ4n) is 2.34. The second kappa shape index (κ2) is 7.97. The predicted molar refractivity (Wildman–Crippen MR) is 112 cm³/mol. The number of rotatable bonds is 6. The number of nitrogens with two attached hydrogens (primary N) is 1. The van der Waals surface area contributed by atoms with Crippen LogP contribution >= 0.6 is 27.3 Å². The highest BCUT2D eigenvalue weighted by Gasteiger charge is 2.15. The van der Waals surface area contributed by atoms with Crippen LogP contribution < -0.4 is 15.2 Å². The summed E-state index contributed by atoms with van der Waals surface area (Å²) in [4.78, 5) is 4.58. The highest BCUT2D eigenvalue weighted by molar-refractivity contribution is 9.10. The Morgan fingerprint density at radius 3 is 2.52 bits per heavy atom. The smallest absolute Gasteiger partial charge is 0.238 e.